The first kappa shape index (κ1) is 19.3. The van der Waals surface area contributed by atoms with Crippen LogP contribution >= 0.6 is 0 Å². The number of nitrogens with one attached hydrogen (secondary N) is 1. The van der Waals surface area contributed by atoms with Crippen molar-refractivity contribution in [1.82, 2.24) is 4.72 Å². The second kappa shape index (κ2) is 6.60. The van der Waals surface area contributed by atoms with Crippen molar-refractivity contribution in [3.63, 3.8) is 0 Å². The van der Waals surface area contributed by atoms with Crippen LogP contribution in [0.5, 0.6) is 0 Å². The lowest BCUT2D eigenvalue weighted by Gasteiger charge is -2.36. The third-order valence-electron chi connectivity index (χ3n) is 5.48. The zero-order chi connectivity index (χ0) is 19.2. The molecule has 0 aromatic heterocycles. The minimum Gasteiger partial charge on any atom is -0.413 e. The Balaban J connectivity index is 1.85. The summed E-state index contributed by atoms with van der Waals surface area (Å²) in [5.74, 6) is 0. The van der Waals surface area contributed by atoms with Crippen LogP contribution in [0.3, 0.4) is 0 Å². The number of rotatable bonds is 4. The summed E-state index contributed by atoms with van der Waals surface area (Å²) in [6.45, 7) is 11.7. The molecule has 0 saturated carbocycles. The van der Waals surface area contributed by atoms with Gasteiger partial charge >= 0.3 is 0 Å². The largest absolute Gasteiger partial charge is 0.413 e. The summed E-state index contributed by atoms with van der Waals surface area (Å²) < 4.78 is 33.8. The van der Waals surface area contributed by atoms with E-state index < -0.39 is 18.3 Å². The first-order chi connectivity index (χ1) is 12.0. The van der Waals surface area contributed by atoms with Gasteiger partial charge in [0.25, 0.3) is 0 Å². The smallest absolute Gasteiger partial charge is 0.241 e. The molecule has 2 aromatic carbocycles. The Morgan fingerprint density at radius 2 is 1.77 bits per heavy atom. The molecule has 140 valence electrons. The summed E-state index contributed by atoms with van der Waals surface area (Å²) in [5.41, 5.74) is 2.81. The molecule has 0 fully saturated rings. The van der Waals surface area contributed by atoms with E-state index in [1.165, 1.54) is 0 Å². The topological polar surface area (TPSA) is 55.4 Å². The molecular formula is C20H27NO3SSi. The highest BCUT2D eigenvalue weighted by molar-refractivity contribution is 7.89. The van der Waals surface area contributed by atoms with E-state index in [4.69, 9.17) is 4.43 Å². The SMILES string of the molecule is CC(C)(C)[Si](C)(C)OCc1cccc([C@H]2NS(=O)(=O)c3ccccc32)c1. The number of hydrogen-bond donors (Lipinski definition) is 1. The first-order valence-electron chi connectivity index (χ1n) is 8.85. The molecule has 0 aliphatic carbocycles. The molecule has 26 heavy (non-hydrogen) atoms. The fraction of sp³-hybridized carbons (Fsp3) is 0.400. The van der Waals surface area contributed by atoms with Crippen molar-refractivity contribution in [2.75, 3.05) is 0 Å². The molecule has 0 radical (unpaired) electrons. The molecule has 1 atom stereocenters. The molecule has 0 amide bonds. The Morgan fingerprint density at radius 3 is 2.46 bits per heavy atom. The predicted molar refractivity (Wildman–Crippen MR) is 107 cm³/mol. The van der Waals surface area contributed by atoms with Gasteiger partial charge in [0.15, 0.2) is 8.32 Å². The summed E-state index contributed by atoms with van der Waals surface area (Å²) in [7, 11) is -5.27. The van der Waals surface area contributed by atoms with E-state index in [0.717, 1.165) is 16.7 Å². The zero-order valence-corrected chi connectivity index (χ0v) is 17.9. The Kier molecular flexibility index (Phi) is 4.90. The number of benzene rings is 2. The molecule has 1 heterocycles. The van der Waals surface area contributed by atoms with Gasteiger partial charge in [0.05, 0.1) is 17.5 Å². The monoisotopic (exact) mass is 389 g/mol. The summed E-state index contributed by atoms with van der Waals surface area (Å²) >= 11 is 0. The van der Waals surface area contributed by atoms with Crippen LogP contribution in [-0.4, -0.2) is 16.7 Å². The molecule has 4 nitrogen and oxygen atoms in total. The Bertz CT molecular complexity index is 917. The first-order valence-corrected chi connectivity index (χ1v) is 13.2. The van der Waals surface area contributed by atoms with Crippen LogP contribution in [0, 0.1) is 0 Å². The van der Waals surface area contributed by atoms with Crippen LogP contribution in [0.2, 0.25) is 18.1 Å². The van der Waals surface area contributed by atoms with Crippen LogP contribution in [0.25, 0.3) is 0 Å². The van der Waals surface area contributed by atoms with Crippen molar-refractivity contribution in [3.8, 4) is 0 Å². The Labute approximate surface area is 157 Å². The van der Waals surface area contributed by atoms with E-state index in [0.29, 0.717) is 11.5 Å². The summed E-state index contributed by atoms with van der Waals surface area (Å²) in [6, 6.07) is 14.8. The van der Waals surface area contributed by atoms with Crippen molar-refractivity contribution in [3.05, 3.63) is 65.2 Å². The van der Waals surface area contributed by atoms with E-state index in [9.17, 15) is 8.42 Å². The van der Waals surface area contributed by atoms with Gasteiger partial charge in [-0.1, -0.05) is 63.2 Å². The van der Waals surface area contributed by atoms with E-state index >= 15 is 0 Å². The van der Waals surface area contributed by atoms with E-state index in [1.807, 2.05) is 36.4 Å². The van der Waals surface area contributed by atoms with Crippen molar-refractivity contribution in [2.24, 2.45) is 0 Å². The van der Waals surface area contributed by atoms with Crippen LogP contribution in [-0.2, 0) is 21.1 Å². The average Bonchev–Trinajstić information content (AvgIpc) is 2.84. The normalized spacial score (nSPS) is 19.3. The van der Waals surface area contributed by atoms with Gasteiger partial charge < -0.3 is 4.43 Å². The minimum absolute atomic E-state index is 0.157. The van der Waals surface area contributed by atoms with Gasteiger partial charge in [-0.3, -0.25) is 0 Å². The van der Waals surface area contributed by atoms with Crippen molar-refractivity contribution < 1.29 is 12.8 Å². The van der Waals surface area contributed by atoms with Gasteiger partial charge in [0, 0.05) is 0 Å². The lowest BCUT2D eigenvalue weighted by atomic mass is 9.98. The summed E-state index contributed by atoms with van der Waals surface area (Å²) in [4.78, 5) is 0.368. The molecule has 0 spiro atoms. The maximum atomic E-state index is 12.4. The summed E-state index contributed by atoms with van der Waals surface area (Å²) in [5, 5.41) is 0.157. The van der Waals surface area contributed by atoms with Crippen LogP contribution in [0.1, 0.15) is 43.5 Å². The molecular weight excluding hydrogens is 362 g/mol. The van der Waals surface area contributed by atoms with Crippen molar-refractivity contribution >= 4 is 18.3 Å². The van der Waals surface area contributed by atoms with Gasteiger partial charge in [-0.2, -0.15) is 4.72 Å². The number of fused-ring (bicyclic) bond motifs is 1. The number of sulfonamides is 1. The molecule has 0 unspecified atom stereocenters. The van der Waals surface area contributed by atoms with Gasteiger partial charge in [-0.05, 0) is 40.9 Å². The molecule has 1 N–H and O–H groups in total. The maximum absolute atomic E-state index is 12.4. The highest BCUT2D eigenvalue weighted by atomic mass is 32.2. The van der Waals surface area contributed by atoms with Crippen LogP contribution in [0.15, 0.2) is 53.4 Å². The second-order valence-electron chi connectivity index (χ2n) is 8.39. The zero-order valence-electron chi connectivity index (χ0n) is 16.0. The molecule has 0 saturated heterocycles. The molecule has 1 aliphatic rings. The van der Waals surface area contributed by atoms with Crippen LogP contribution in [0.4, 0.5) is 0 Å². The summed E-state index contributed by atoms with van der Waals surface area (Å²) in [6.07, 6.45) is 0. The predicted octanol–water partition coefficient (Wildman–Crippen LogP) is 4.59. The van der Waals surface area contributed by atoms with Gasteiger partial charge in [-0.15, -0.1) is 0 Å². The van der Waals surface area contributed by atoms with E-state index in [2.05, 4.69) is 38.6 Å². The standard InChI is InChI=1S/C20H27NO3SSi/c1-20(2,3)26(4,5)24-14-15-9-8-10-16(13-15)19-17-11-6-7-12-18(17)25(22,23)21-19/h6-13,19,21H,14H2,1-5H3/t19-/m1/s1. The maximum Gasteiger partial charge on any atom is 0.241 e. The molecule has 0 bridgehead atoms. The van der Waals surface area contributed by atoms with Crippen molar-refractivity contribution in [1.29, 1.82) is 0 Å². The molecule has 1 aliphatic heterocycles. The minimum atomic E-state index is -3.45. The molecule has 3 rings (SSSR count). The lowest BCUT2D eigenvalue weighted by molar-refractivity contribution is 0.276. The Hall–Kier alpha value is -1.47. The Morgan fingerprint density at radius 1 is 1.08 bits per heavy atom. The fourth-order valence-electron chi connectivity index (χ4n) is 2.84. The van der Waals surface area contributed by atoms with E-state index in [-0.39, 0.29) is 11.1 Å². The van der Waals surface area contributed by atoms with Gasteiger partial charge in [0.2, 0.25) is 10.0 Å². The number of hydrogen-bond acceptors (Lipinski definition) is 3. The highest BCUT2D eigenvalue weighted by Crippen LogP contribution is 2.38. The van der Waals surface area contributed by atoms with Gasteiger partial charge in [-0.25, -0.2) is 8.42 Å². The molecule has 2 aromatic rings. The fourth-order valence-corrected chi connectivity index (χ4v) is 5.25. The average molecular weight is 390 g/mol. The van der Waals surface area contributed by atoms with Crippen LogP contribution < -0.4 is 4.72 Å². The van der Waals surface area contributed by atoms with E-state index in [1.54, 1.807) is 12.1 Å². The third-order valence-corrected chi connectivity index (χ3v) is 11.5. The second-order valence-corrected chi connectivity index (χ2v) is 14.9. The quantitative estimate of drug-likeness (QED) is 0.778. The van der Waals surface area contributed by atoms with Gasteiger partial charge in [0.1, 0.15) is 0 Å². The highest BCUT2D eigenvalue weighted by Gasteiger charge is 2.37. The van der Waals surface area contributed by atoms with Crippen molar-refractivity contribution in [2.45, 2.75) is 56.4 Å². The third kappa shape index (κ3) is 3.64. The lowest BCUT2D eigenvalue weighted by Crippen LogP contribution is -2.40. The molecule has 6 heteroatoms.